The molecule has 0 aliphatic rings. The van der Waals surface area contributed by atoms with Gasteiger partial charge in [0.1, 0.15) is 11.6 Å². The van der Waals surface area contributed by atoms with Crippen molar-refractivity contribution in [2.45, 2.75) is 26.4 Å². The van der Waals surface area contributed by atoms with Crippen LogP contribution in [0.25, 0.3) is 11.0 Å². The van der Waals surface area contributed by atoms with E-state index < -0.39 is 0 Å². The molecule has 0 fully saturated rings. The first kappa shape index (κ1) is 21.1. The summed E-state index contributed by atoms with van der Waals surface area (Å²) in [6, 6.07) is 23.4. The lowest BCUT2D eigenvalue weighted by Gasteiger charge is -2.12. The molecule has 3 aromatic carbocycles. The predicted molar refractivity (Wildman–Crippen MR) is 126 cm³/mol. The third-order valence-electron chi connectivity index (χ3n) is 5.10. The summed E-state index contributed by atoms with van der Waals surface area (Å²) in [6.07, 6.45) is 0.835. The zero-order chi connectivity index (χ0) is 21.6. The van der Waals surface area contributed by atoms with Gasteiger partial charge in [0.15, 0.2) is 0 Å². The molecule has 1 amide bonds. The Kier molecular flexibility index (Phi) is 6.67. The number of imidazole rings is 1. The lowest BCUT2D eigenvalue weighted by atomic mass is 10.2. The average molecular weight is 478 g/mol. The summed E-state index contributed by atoms with van der Waals surface area (Å²) in [4.78, 5) is 17.3. The van der Waals surface area contributed by atoms with Gasteiger partial charge in [0.25, 0.3) is 5.91 Å². The first-order chi connectivity index (χ1) is 15.1. The molecule has 158 valence electrons. The Labute approximate surface area is 190 Å². The maximum absolute atomic E-state index is 12.6. The van der Waals surface area contributed by atoms with Crippen molar-refractivity contribution in [3.63, 3.8) is 0 Å². The number of amides is 1. The van der Waals surface area contributed by atoms with Crippen molar-refractivity contribution in [2.75, 3.05) is 6.61 Å². The lowest BCUT2D eigenvalue weighted by molar-refractivity contribution is 0.0949. The summed E-state index contributed by atoms with van der Waals surface area (Å²) < 4.78 is 8.99. The summed E-state index contributed by atoms with van der Waals surface area (Å²) in [5.74, 6) is 1.63. The predicted octanol–water partition coefficient (Wildman–Crippen LogP) is 5.51. The Morgan fingerprint density at radius 3 is 2.71 bits per heavy atom. The van der Waals surface area contributed by atoms with Crippen LogP contribution in [0.2, 0.25) is 0 Å². The molecular weight excluding hydrogens is 454 g/mol. The molecule has 0 bridgehead atoms. The number of halogens is 1. The van der Waals surface area contributed by atoms with E-state index in [4.69, 9.17) is 9.72 Å². The van der Waals surface area contributed by atoms with Gasteiger partial charge in [-0.15, -0.1) is 0 Å². The number of benzene rings is 3. The van der Waals surface area contributed by atoms with E-state index in [1.807, 2.05) is 61.5 Å². The molecule has 0 spiro atoms. The molecule has 0 radical (unpaired) electrons. The van der Waals surface area contributed by atoms with Crippen molar-refractivity contribution in [1.29, 1.82) is 0 Å². The number of rotatable bonds is 8. The molecule has 4 rings (SSSR count). The third kappa shape index (κ3) is 5.14. The third-order valence-corrected chi connectivity index (χ3v) is 5.60. The molecule has 4 aromatic rings. The normalized spacial score (nSPS) is 10.9. The molecule has 0 aliphatic heterocycles. The molecule has 1 aromatic heterocycles. The smallest absolute Gasteiger partial charge is 0.251 e. The monoisotopic (exact) mass is 477 g/mol. The number of aromatic nitrogens is 2. The Bertz CT molecular complexity index is 1200. The van der Waals surface area contributed by atoms with Gasteiger partial charge in [0.05, 0.1) is 24.2 Å². The Balaban J connectivity index is 1.44. The van der Waals surface area contributed by atoms with E-state index in [9.17, 15) is 4.79 Å². The standard InChI is InChI=1S/C25H24BrN3O2/c1-18-8-2-5-13-23(18)31-15-7-14-29-22-12-4-3-11-21(22)28-24(29)17-27-25(30)19-9-6-10-20(26)16-19/h2-6,8-13,16H,7,14-15,17H2,1H3,(H,27,30). The SMILES string of the molecule is Cc1ccccc1OCCCn1c(CNC(=O)c2cccc(Br)c2)nc2ccccc21. The molecule has 0 aliphatic carbocycles. The highest BCUT2D eigenvalue weighted by Gasteiger charge is 2.13. The van der Waals surface area contributed by atoms with Crippen LogP contribution in [-0.2, 0) is 13.1 Å². The van der Waals surface area contributed by atoms with Gasteiger partial charge in [-0.3, -0.25) is 4.79 Å². The van der Waals surface area contributed by atoms with Crippen molar-refractivity contribution < 1.29 is 9.53 Å². The van der Waals surface area contributed by atoms with Gasteiger partial charge >= 0.3 is 0 Å². The van der Waals surface area contributed by atoms with Gasteiger partial charge in [-0.05, 0) is 55.3 Å². The lowest BCUT2D eigenvalue weighted by Crippen LogP contribution is -2.25. The van der Waals surface area contributed by atoms with Gasteiger partial charge in [0.2, 0.25) is 0 Å². The Morgan fingerprint density at radius 1 is 1.06 bits per heavy atom. The van der Waals surface area contributed by atoms with Crippen LogP contribution in [0.4, 0.5) is 0 Å². The van der Waals surface area contributed by atoms with E-state index in [1.165, 1.54) is 0 Å². The number of nitrogens with one attached hydrogen (secondary N) is 1. The fourth-order valence-corrected chi connectivity index (χ4v) is 3.92. The zero-order valence-electron chi connectivity index (χ0n) is 17.3. The number of hydrogen-bond acceptors (Lipinski definition) is 3. The summed E-state index contributed by atoms with van der Waals surface area (Å²) in [7, 11) is 0. The highest BCUT2D eigenvalue weighted by Crippen LogP contribution is 2.19. The van der Waals surface area contributed by atoms with Crippen molar-refractivity contribution >= 4 is 32.9 Å². The van der Waals surface area contributed by atoms with Crippen LogP contribution in [0.5, 0.6) is 5.75 Å². The minimum atomic E-state index is -0.122. The van der Waals surface area contributed by atoms with Gasteiger partial charge in [0, 0.05) is 16.6 Å². The molecular formula is C25H24BrN3O2. The summed E-state index contributed by atoms with van der Waals surface area (Å²) in [5, 5.41) is 2.99. The summed E-state index contributed by atoms with van der Waals surface area (Å²) in [5.41, 5.74) is 3.73. The maximum Gasteiger partial charge on any atom is 0.251 e. The fraction of sp³-hybridized carbons (Fsp3) is 0.200. The minimum Gasteiger partial charge on any atom is -0.493 e. The fourth-order valence-electron chi connectivity index (χ4n) is 3.52. The van der Waals surface area contributed by atoms with Crippen molar-refractivity contribution in [3.8, 4) is 5.75 Å². The van der Waals surface area contributed by atoms with Crippen LogP contribution in [0.3, 0.4) is 0 Å². The van der Waals surface area contributed by atoms with E-state index in [0.29, 0.717) is 18.7 Å². The average Bonchev–Trinajstić information content (AvgIpc) is 3.13. The highest BCUT2D eigenvalue weighted by atomic mass is 79.9. The second kappa shape index (κ2) is 9.79. The molecule has 5 nitrogen and oxygen atoms in total. The number of aryl methyl sites for hydroxylation is 2. The maximum atomic E-state index is 12.6. The largest absolute Gasteiger partial charge is 0.493 e. The van der Waals surface area contributed by atoms with E-state index in [1.54, 1.807) is 12.1 Å². The quantitative estimate of drug-likeness (QED) is 0.340. The van der Waals surface area contributed by atoms with Crippen molar-refractivity contribution in [1.82, 2.24) is 14.9 Å². The first-order valence-corrected chi connectivity index (χ1v) is 11.1. The number of fused-ring (bicyclic) bond motifs is 1. The number of para-hydroxylation sites is 3. The molecule has 0 unspecified atom stereocenters. The van der Waals surface area contributed by atoms with E-state index >= 15 is 0 Å². The van der Waals surface area contributed by atoms with Crippen LogP contribution < -0.4 is 10.1 Å². The number of carbonyl (C=O) groups excluding carboxylic acids is 1. The number of nitrogens with zero attached hydrogens (tertiary/aromatic N) is 2. The second-order valence-electron chi connectivity index (χ2n) is 7.33. The molecule has 31 heavy (non-hydrogen) atoms. The number of carbonyl (C=O) groups is 1. The van der Waals surface area contributed by atoms with Crippen LogP contribution in [-0.4, -0.2) is 22.1 Å². The van der Waals surface area contributed by atoms with Crippen molar-refractivity contribution in [2.24, 2.45) is 0 Å². The van der Waals surface area contributed by atoms with Crippen LogP contribution in [0.1, 0.15) is 28.2 Å². The van der Waals surface area contributed by atoms with E-state index in [0.717, 1.165) is 45.6 Å². The summed E-state index contributed by atoms with van der Waals surface area (Å²) >= 11 is 3.41. The first-order valence-electron chi connectivity index (χ1n) is 10.3. The summed E-state index contributed by atoms with van der Waals surface area (Å²) in [6.45, 7) is 3.78. The van der Waals surface area contributed by atoms with Gasteiger partial charge in [-0.25, -0.2) is 4.98 Å². The molecule has 0 saturated carbocycles. The topological polar surface area (TPSA) is 56.1 Å². The second-order valence-corrected chi connectivity index (χ2v) is 8.24. The van der Waals surface area contributed by atoms with Crippen molar-refractivity contribution in [3.05, 3.63) is 94.2 Å². The number of hydrogen-bond donors (Lipinski definition) is 1. The molecule has 6 heteroatoms. The highest BCUT2D eigenvalue weighted by molar-refractivity contribution is 9.10. The van der Waals surface area contributed by atoms with Crippen LogP contribution in [0.15, 0.2) is 77.3 Å². The van der Waals surface area contributed by atoms with E-state index in [2.05, 4.69) is 31.9 Å². The molecule has 1 heterocycles. The molecule has 0 saturated heterocycles. The Hall–Kier alpha value is -3.12. The van der Waals surface area contributed by atoms with Gasteiger partial charge in [-0.1, -0.05) is 52.3 Å². The Morgan fingerprint density at radius 2 is 1.87 bits per heavy atom. The van der Waals surface area contributed by atoms with Gasteiger partial charge in [-0.2, -0.15) is 0 Å². The van der Waals surface area contributed by atoms with Crippen LogP contribution in [0, 0.1) is 6.92 Å². The zero-order valence-corrected chi connectivity index (χ0v) is 18.9. The van der Waals surface area contributed by atoms with Gasteiger partial charge < -0.3 is 14.6 Å². The molecule has 0 atom stereocenters. The molecule has 1 N–H and O–H groups in total. The minimum absolute atomic E-state index is 0.122. The van der Waals surface area contributed by atoms with Crippen LogP contribution >= 0.6 is 15.9 Å². The van der Waals surface area contributed by atoms with E-state index in [-0.39, 0.29) is 5.91 Å². The number of ether oxygens (including phenoxy) is 1.